The van der Waals surface area contributed by atoms with Crippen molar-refractivity contribution in [3.8, 4) is 0 Å². The summed E-state index contributed by atoms with van der Waals surface area (Å²) in [6, 6.07) is 0.378. The Morgan fingerprint density at radius 3 is 2.94 bits per heavy atom. The molecule has 0 spiro atoms. The highest BCUT2D eigenvalue weighted by molar-refractivity contribution is 5.13. The smallest absolute Gasteiger partial charge is 0.0619 e. The van der Waals surface area contributed by atoms with Crippen LogP contribution in [-0.2, 0) is 11.3 Å². The molecule has 1 saturated heterocycles. The predicted octanol–water partition coefficient (Wildman–Crippen LogP) is 2.37. The first kappa shape index (κ1) is 13.6. The van der Waals surface area contributed by atoms with Crippen molar-refractivity contribution in [2.24, 2.45) is 5.92 Å². The van der Waals surface area contributed by atoms with Gasteiger partial charge in [-0.25, -0.2) is 0 Å². The van der Waals surface area contributed by atoms with E-state index in [0.717, 1.165) is 32.5 Å². The minimum absolute atomic E-state index is 0.378. The van der Waals surface area contributed by atoms with Gasteiger partial charge >= 0.3 is 0 Å². The van der Waals surface area contributed by atoms with E-state index in [2.05, 4.69) is 37.4 Å². The number of aryl methyl sites for hydroxylation is 1. The van der Waals surface area contributed by atoms with Crippen LogP contribution in [-0.4, -0.2) is 29.0 Å². The van der Waals surface area contributed by atoms with Gasteiger partial charge in [0, 0.05) is 36.9 Å². The molecule has 1 fully saturated rings. The maximum Gasteiger partial charge on any atom is 0.0619 e. The van der Waals surface area contributed by atoms with Crippen LogP contribution in [0.25, 0.3) is 0 Å². The maximum absolute atomic E-state index is 5.83. The van der Waals surface area contributed by atoms with Crippen LogP contribution in [0.3, 0.4) is 0 Å². The number of ether oxygens (including phenoxy) is 1. The van der Waals surface area contributed by atoms with E-state index in [-0.39, 0.29) is 0 Å². The zero-order valence-corrected chi connectivity index (χ0v) is 11.7. The van der Waals surface area contributed by atoms with E-state index in [1.807, 2.05) is 10.9 Å². The lowest BCUT2D eigenvalue weighted by Gasteiger charge is -2.27. The van der Waals surface area contributed by atoms with E-state index in [1.165, 1.54) is 5.56 Å². The molecule has 0 aliphatic carbocycles. The lowest BCUT2D eigenvalue weighted by molar-refractivity contribution is 0.0776. The van der Waals surface area contributed by atoms with Crippen molar-refractivity contribution >= 4 is 0 Å². The molecule has 3 unspecified atom stereocenters. The first-order valence-electron chi connectivity index (χ1n) is 7.17. The second-order valence-electron chi connectivity index (χ2n) is 4.93. The molecule has 0 bridgehead atoms. The number of hydrogen-bond donors (Lipinski definition) is 1. The normalized spacial score (nSPS) is 25.5. The van der Waals surface area contributed by atoms with Crippen LogP contribution in [0.2, 0.25) is 0 Å². The minimum Gasteiger partial charge on any atom is -0.378 e. The Hall–Kier alpha value is -0.870. The molecule has 0 radical (unpaired) electrons. The molecule has 1 aromatic heterocycles. The monoisotopic (exact) mass is 251 g/mol. The van der Waals surface area contributed by atoms with Gasteiger partial charge in [0.05, 0.1) is 12.3 Å². The molecular formula is C14H25N3O. The predicted molar refractivity (Wildman–Crippen MR) is 72.5 cm³/mol. The van der Waals surface area contributed by atoms with Crippen molar-refractivity contribution in [3.05, 3.63) is 18.0 Å². The largest absolute Gasteiger partial charge is 0.378 e. The molecule has 1 aliphatic rings. The SMILES string of the molecule is CCNC(c1cnn(CC)c1)C1CCOC1CC. The highest BCUT2D eigenvalue weighted by Crippen LogP contribution is 2.34. The molecule has 0 aromatic carbocycles. The van der Waals surface area contributed by atoms with Crippen molar-refractivity contribution in [3.63, 3.8) is 0 Å². The topological polar surface area (TPSA) is 39.1 Å². The van der Waals surface area contributed by atoms with Crippen LogP contribution in [0, 0.1) is 5.92 Å². The van der Waals surface area contributed by atoms with Gasteiger partial charge in [0.15, 0.2) is 0 Å². The van der Waals surface area contributed by atoms with Crippen LogP contribution < -0.4 is 5.32 Å². The Bertz CT molecular complexity index is 364. The molecule has 4 nitrogen and oxygen atoms in total. The lowest BCUT2D eigenvalue weighted by Crippen LogP contribution is -2.32. The highest BCUT2D eigenvalue weighted by Gasteiger charge is 2.34. The van der Waals surface area contributed by atoms with E-state index in [0.29, 0.717) is 18.1 Å². The Kier molecular flexibility index (Phi) is 4.78. The second kappa shape index (κ2) is 6.34. The Morgan fingerprint density at radius 2 is 2.33 bits per heavy atom. The van der Waals surface area contributed by atoms with Crippen LogP contribution in [0.15, 0.2) is 12.4 Å². The number of nitrogens with zero attached hydrogens (tertiary/aromatic N) is 2. The van der Waals surface area contributed by atoms with E-state index in [1.54, 1.807) is 0 Å². The van der Waals surface area contributed by atoms with E-state index in [4.69, 9.17) is 4.74 Å². The van der Waals surface area contributed by atoms with E-state index < -0.39 is 0 Å². The van der Waals surface area contributed by atoms with Crippen molar-refractivity contribution in [1.82, 2.24) is 15.1 Å². The van der Waals surface area contributed by atoms with Gasteiger partial charge in [-0.05, 0) is 26.3 Å². The summed E-state index contributed by atoms with van der Waals surface area (Å²) in [5.41, 5.74) is 1.30. The van der Waals surface area contributed by atoms with Crippen LogP contribution in [0.5, 0.6) is 0 Å². The van der Waals surface area contributed by atoms with Crippen molar-refractivity contribution < 1.29 is 4.74 Å². The van der Waals surface area contributed by atoms with Gasteiger partial charge in [0.2, 0.25) is 0 Å². The van der Waals surface area contributed by atoms with Crippen molar-refractivity contribution in [2.75, 3.05) is 13.2 Å². The molecule has 4 heteroatoms. The molecule has 2 rings (SSSR count). The third kappa shape index (κ3) is 2.75. The third-order valence-electron chi connectivity index (χ3n) is 3.85. The molecular weight excluding hydrogens is 226 g/mol. The van der Waals surface area contributed by atoms with Crippen LogP contribution in [0.4, 0.5) is 0 Å². The van der Waals surface area contributed by atoms with E-state index >= 15 is 0 Å². The van der Waals surface area contributed by atoms with Gasteiger partial charge in [-0.15, -0.1) is 0 Å². The molecule has 102 valence electrons. The van der Waals surface area contributed by atoms with E-state index in [9.17, 15) is 0 Å². The standard InChI is InChI=1S/C14H25N3O/c1-4-13-12(7-8-18-13)14(15-5-2)11-9-16-17(6-3)10-11/h9-10,12-15H,4-8H2,1-3H3. The Balaban J connectivity index is 2.16. The van der Waals surface area contributed by atoms with Crippen LogP contribution in [0.1, 0.15) is 45.2 Å². The maximum atomic E-state index is 5.83. The molecule has 0 amide bonds. The Labute approximate surface area is 110 Å². The zero-order chi connectivity index (χ0) is 13.0. The summed E-state index contributed by atoms with van der Waals surface area (Å²) >= 11 is 0. The van der Waals surface area contributed by atoms with Crippen molar-refractivity contribution in [2.45, 2.75) is 52.3 Å². The molecule has 3 atom stereocenters. The zero-order valence-electron chi connectivity index (χ0n) is 11.7. The average Bonchev–Trinajstić information content (AvgIpc) is 3.04. The highest BCUT2D eigenvalue weighted by atomic mass is 16.5. The van der Waals surface area contributed by atoms with Gasteiger partial charge in [0.25, 0.3) is 0 Å². The fourth-order valence-corrected chi connectivity index (χ4v) is 2.92. The lowest BCUT2D eigenvalue weighted by atomic mass is 9.88. The summed E-state index contributed by atoms with van der Waals surface area (Å²) in [7, 11) is 0. The molecule has 18 heavy (non-hydrogen) atoms. The molecule has 1 aromatic rings. The first-order valence-corrected chi connectivity index (χ1v) is 7.17. The van der Waals surface area contributed by atoms with Gasteiger partial charge in [-0.1, -0.05) is 13.8 Å². The number of hydrogen-bond acceptors (Lipinski definition) is 3. The number of aromatic nitrogens is 2. The fourth-order valence-electron chi connectivity index (χ4n) is 2.92. The van der Waals surface area contributed by atoms with Gasteiger partial charge in [-0.2, -0.15) is 5.10 Å². The summed E-state index contributed by atoms with van der Waals surface area (Å²) in [6.07, 6.45) is 6.79. The van der Waals surface area contributed by atoms with Crippen molar-refractivity contribution in [1.29, 1.82) is 0 Å². The average molecular weight is 251 g/mol. The summed E-state index contributed by atoms with van der Waals surface area (Å²) < 4.78 is 7.83. The second-order valence-corrected chi connectivity index (χ2v) is 4.93. The molecule has 2 heterocycles. The molecule has 1 N–H and O–H groups in total. The van der Waals surface area contributed by atoms with Crippen LogP contribution >= 0.6 is 0 Å². The minimum atomic E-state index is 0.378. The number of nitrogens with one attached hydrogen (secondary N) is 1. The molecule has 1 aliphatic heterocycles. The fraction of sp³-hybridized carbons (Fsp3) is 0.786. The Morgan fingerprint density at radius 1 is 1.50 bits per heavy atom. The van der Waals surface area contributed by atoms with Gasteiger partial charge < -0.3 is 10.1 Å². The summed E-state index contributed by atoms with van der Waals surface area (Å²) in [4.78, 5) is 0. The number of rotatable bonds is 6. The first-order chi connectivity index (χ1) is 8.80. The molecule has 0 saturated carbocycles. The summed E-state index contributed by atoms with van der Waals surface area (Å²) in [6.45, 7) is 9.29. The quantitative estimate of drug-likeness (QED) is 0.843. The van der Waals surface area contributed by atoms with Gasteiger partial charge in [-0.3, -0.25) is 4.68 Å². The van der Waals surface area contributed by atoms with Gasteiger partial charge in [0.1, 0.15) is 0 Å². The third-order valence-corrected chi connectivity index (χ3v) is 3.85. The summed E-state index contributed by atoms with van der Waals surface area (Å²) in [5.74, 6) is 0.574. The summed E-state index contributed by atoms with van der Waals surface area (Å²) in [5, 5.41) is 8.01.